The predicted octanol–water partition coefficient (Wildman–Crippen LogP) is 3.69. The van der Waals surface area contributed by atoms with Gasteiger partial charge in [-0.3, -0.25) is 14.5 Å². The quantitative estimate of drug-likeness (QED) is 0.484. The Kier molecular flexibility index (Phi) is 7.10. The minimum absolute atomic E-state index is 0.00879. The number of rotatable bonds is 8. The van der Waals surface area contributed by atoms with Gasteiger partial charge in [-0.15, -0.1) is 0 Å². The summed E-state index contributed by atoms with van der Waals surface area (Å²) in [6, 6.07) is 5.95. The molecule has 0 spiro atoms. The maximum atomic E-state index is 14.7. The monoisotopic (exact) mass is 457 g/mol. The van der Waals surface area contributed by atoms with Gasteiger partial charge in [-0.1, -0.05) is 18.2 Å². The van der Waals surface area contributed by atoms with Crippen molar-refractivity contribution in [2.45, 2.75) is 44.0 Å². The van der Waals surface area contributed by atoms with Gasteiger partial charge in [0.25, 0.3) is 0 Å². The summed E-state index contributed by atoms with van der Waals surface area (Å²) in [6.07, 6.45) is 7.75. The van der Waals surface area contributed by atoms with E-state index >= 15 is 0 Å². The summed E-state index contributed by atoms with van der Waals surface area (Å²) < 4.78 is 21.5. The molecule has 2 aromatic rings. The van der Waals surface area contributed by atoms with Crippen molar-refractivity contribution in [1.29, 1.82) is 0 Å². The molecule has 2 fully saturated rings. The fraction of sp³-hybridized carbons (Fsp3) is 0.458. The van der Waals surface area contributed by atoms with Crippen molar-refractivity contribution in [1.82, 2.24) is 14.5 Å². The zero-order valence-electron chi connectivity index (χ0n) is 18.1. The number of piperidine rings is 1. The Morgan fingerprint density at radius 2 is 2.09 bits per heavy atom. The fourth-order valence-electron chi connectivity index (χ4n) is 4.19. The summed E-state index contributed by atoms with van der Waals surface area (Å²) >= 11 is 4.75. The van der Waals surface area contributed by atoms with Gasteiger partial charge in [-0.2, -0.15) is 12.6 Å². The number of benzene rings is 1. The second kappa shape index (κ2) is 10.0. The molecule has 1 aromatic carbocycles. The summed E-state index contributed by atoms with van der Waals surface area (Å²) in [7, 11) is 0. The minimum Gasteiger partial charge on any atom is -0.465 e. The van der Waals surface area contributed by atoms with Crippen LogP contribution in [-0.2, 0) is 20.9 Å². The van der Waals surface area contributed by atoms with Gasteiger partial charge in [0.15, 0.2) is 5.78 Å². The van der Waals surface area contributed by atoms with E-state index in [2.05, 4.69) is 9.88 Å². The van der Waals surface area contributed by atoms with E-state index in [0.717, 1.165) is 30.5 Å². The van der Waals surface area contributed by atoms with Crippen LogP contribution < -0.4 is 0 Å². The van der Waals surface area contributed by atoms with Crippen LogP contribution in [0.4, 0.5) is 4.39 Å². The Balaban J connectivity index is 1.60. The number of halogens is 1. The molecule has 6 nitrogen and oxygen atoms in total. The van der Waals surface area contributed by atoms with Crippen molar-refractivity contribution in [2.75, 3.05) is 19.7 Å². The molecular formula is C24H28FN3O3S. The molecule has 1 saturated heterocycles. The Labute approximate surface area is 192 Å². The number of carbonyl (C=O) groups excluding carboxylic acids is 2. The number of likely N-dealkylation sites (tertiary alicyclic amines) is 1. The third-order valence-corrected chi connectivity index (χ3v) is 6.59. The van der Waals surface area contributed by atoms with E-state index < -0.39 is 6.04 Å². The first-order valence-corrected chi connectivity index (χ1v) is 11.6. The van der Waals surface area contributed by atoms with Gasteiger partial charge in [0.1, 0.15) is 12.4 Å². The lowest BCUT2D eigenvalue weighted by molar-refractivity contribution is -0.143. The molecule has 1 saturated carbocycles. The number of imidazole rings is 1. The van der Waals surface area contributed by atoms with Crippen LogP contribution in [0.1, 0.15) is 43.5 Å². The van der Waals surface area contributed by atoms with Crippen LogP contribution in [0.5, 0.6) is 0 Å². The van der Waals surface area contributed by atoms with E-state index in [1.807, 2.05) is 6.08 Å². The largest absolute Gasteiger partial charge is 0.465 e. The first-order chi connectivity index (χ1) is 15.5. The second-order valence-corrected chi connectivity index (χ2v) is 8.97. The number of ketones is 1. The lowest BCUT2D eigenvalue weighted by Gasteiger charge is -2.37. The molecule has 32 heavy (non-hydrogen) atoms. The van der Waals surface area contributed by atoms with E-state index in [1.165, 1.54) is 6.07 Å². The van der Waals surface area contributed by atoms with Gasteiger partial charge in [0, 0.05) is 29.8 Å². The molecule has 2 unspecified atom stereocenters. The lowest BCUT2D eigenvalue weighted by atomic mass is 9.93. The highest BCUT2D eigenvalue weighted by molar-refractivity contribution is 7.81. The fourth-order valence-corrected chi connectivity index (χ4v) is 4.46. The number of esters is 1. The van der Waals surface area contributed by atoms with Crippen molar-refractivity contribution in [2.24, 2.45) is 5.92 Å². The van der Waals surface area contributed by atoms with Gasteiger partial charge >= 0.3 is 5.97 Å². The van der Waals surface area contributed by atoms with Gasteiger partial charge < -0.3 is 9.30 Å². The first-order valence-electron chi connectivity index (χ1n) is 11.0. The Morgan fingerprint density at radius 3 is 2.81 bits per heavy atom. The Hall–Kier alpha value is -2.45. The molecule has 170 valence electrons. The van der Waals surface area contributed by atoms with Gasteiger partial charge in [0.2, 0.25) is 0 Å². The number of hydrogen-bond acceptors (Lipinski definition) is 6. The predicted molar refractivity (Wildman–Crippen MR) is 123 cm³/mol. The molecule has 1 aliphatic heterocycles. The van der Waals surface area contributed by atoms with Crippen molar-refractivity contribution in [3.63, 3.8) is 0 Å². The molecule has 0 amide bonds. The van der Waals surface area contributed by atoms with Crippen LogP contribution in [0.3, 0.4) is 0 Å². The number of carbonyl (C=O) groups is 2. The summed E-state index contributed by atoms with van der Waals surface area (Å²) in [5.41, 5.74) is 2.22. The van der Waals surface area contributed by atoms with Crippen molar-refractivity contribution < 1.29 is 18.7 Å². The number of aromatic nitrogens is 2. The van der Waals surface area contributed by atoms with Crippen LogP contribution >= 0.6 is 12.6 Å². The highest BCUT2D eigenvalue weighted by atomic mass is 32.1. The van der Waals surface area contributed by atoms with Gasteiger partial charge in [-0.05, 0) is 43.9 Å². The lowest BCUT2D eigenvalue weighted by Crippen LogP contribution is -2.42. The van der Waals surface area contributed by atoms with Crippen molar-refractivity contribution in [3.05, 3.63) is 59.4 Å². The standard InChI is InChI=1S/C24H28FN3O3S/c1-2-31-22(29)14-28-15-26-12-18(28)11-17-13-27(10-9-21(17)32)23(24(30)16-7-8-16)19-5-3-4-6-20(19)25/h3-6,11-12,15-16,21,23,32H,2,7-10,13-14H2,1H3. The normalized spacial score (nSPS) is 21.5. The highest BCUT2D eigenvalue weighted by Gasteiger charge is 2.40. The SMILES string of the molecule is CCOC(=O)Cn1cncc1C=C1CN(C(C(=O)C2CC2)c2ccccc2F)CCC1S. The van der Waals surface area contributed by atoms with Crippen molar-refractivity contribution in [3.8, 4) is 0 Å². The molecule has 2 heterocycles. The summed E-state index contributed by atoms with van der Waals surface area (Å²) in [6.45, 7) is 3.32. The number of ether oxygens (including phenoxy) is 1. The molecule has 8 heteroatoms. The number of thiol groups is 1. The van der Waals surface area contributed by atoms with E-state index in [0.29, 0.717) is 25.3 Å². The topological polar surface area (TPSA) is 64.4 Å². The maximum absolute atomic E-state index is 14.7. The highest BCUT2D eigenvalue weighted by Crippen LogP contribution is 2.39. The van der Waals surface area contributed by atoms with Gasteiger partial charge in [-0.25, -0.2) is 9.37 Å². The number of nitrogens with zero attached hydrogens (tertiary/aromatic N) is 3. The minimum atomic E-state index is -0.600. The van der Waals surface area contributed by atoms with E-state index in [-0.39, 0.29) is 35.3 Å². The average Bonchev–Trinajstić information content (AvgIpc) is 3.54. The number of hydrogen-bond donors (Lipinski definition) is 1. The average molecular weight is 458 g/mol. The number of Topliss-reactive ketones (excluding diaryl/α,β-unsaturated/α-hetero) is 1. The van der Waals surface area contributed by atoms with Crippen LogP contribution in [0.15, 0.2) is 42.4 Å². The molecule has 1 aliphatic carbocycles. The van der Waals surface area contributed by atoms with E-state index in [4.69, 9.17) is 17.4 Å². The van der Waals surface area contributed by atoms with Crippen LogP contribution in [0.25, 0.3) is 6.08 Å². The second-order valence-electron chi connectivity index (χ2n) is 8.35. The van der Waals surface area contributed by atoms with Crippen LogP contribution in [0, 0.1) is 11.7 Å². The summed E-state index contributed by atoms with van der Waals surface area (Å²) in [5, 5.41) is 0.00879. The molecule has 2 atom stereocenters. The molecule has 0 N–H and O–H groups in total. The summed E-state index contributed by atoms with van der Waals surface area (Å²) in [4.78, 5) is 31.3. The summed E-state index contributed by atoms with van der Waals surface area (Å²) in [5.74, 6) is -0.559. The van der Waals surface area contributed by atoms with E-state index in [9.17, 15) is 14.0 Å². The third kappa shape index (κ3) is 5.13. The molecule has 2 aliphatic rings. The van der Waals surface area contributed by atoms with Crippen LogP contribution in [-0.4, -0.2) is 51.1 Å². The van der Waals surface area contributed by atoms with E-state index in [1.54, 1.807) is 42.2 Å². The molecule has 1 aromatic heterocycles. The molecular weight excluding hydrogens is 429 g/mol. The Bertz CT molecular complexity index is 1020. The smallest absolute Gasteiger partial charge is 0.325 e. The zero-order chi connectivity index (χ0) is 22.7. The van der Waals surface area contributed by atoms with Gasteiger partial charge in [0.05, 0.1) is 30.9 Å². The molecule has 0 bridgehead atoms. The molecule has 4 rings (SSSR count). The van der Waals surface area contributed by atoms with Crippen molar-refractivity contribution >= 4 is 30.5 Å². The zero-order valence-corrected chi connectivity index (χ0v) is 19.0. The molecule has 0 radical (unpaired) electrons. The maximum Gasteiger partial charge on any atom is 0.325 e. The third-order valence-electron chi connectivity index (χ3n) is 6.00. The van der Waals surface area contributed by atoms with Crippen LogP contribution in [0.2, 0.25) is 0 Å². The first kappa shape index (κ1) is 22.7. The Morgan fingerprint density at radius 1 is 1.31 bits per heavy atom.